The average Bonchev–Trinajstić information content (AvgIpc) is 2.29. The van der Waals surface area contributed by atoms with Crippen LogP contribution in [0.4, 0.5) is 0 Å². The van der Waals surface area contributed by atoms with E-state index >= 15 is 0 Å². The van der Waals surface area contributed by atoms with Gasteiger partial charge < -0.3 is 9.80 Å². The molecule has 1 unspecified atom stereocenters. The molecule has 1 heterocycles. The first kappa shape index (κ1) is 12.5. The number of nitriles is 1. The quantitative estimate of drug-likeness (QED) is 0.706. The lowest BCUT2D eigenvalue weighted by Crippen LogP contribution is -2.39. The molecule has 1 rings (SSSR count). The zero-order chi connectivity index (χ0) is 11.3. The van der Waals surface area contributed by atoms with Crippen LogP contribution in [0.3, 0.4) is 0 Å². The molecule has 0 aromatic heterocycles. The van der Waals surface area contributed by atoms with Gasteiger partial charge in [-0.2, -0.15) is 5.26 Å². The maximum atomic E-state index is 8.80. The molecule has 1 atom stereocenters. The van der Waals surface area contributed by atoms with Crippen LogP contribution in [0.1, 0.15) is 26.7 Å². The van der Waals surface area contributed by atoms with Crippen LogP contribution >= 0.6 is 0 Å². The summed E-state index contributed by atoms with van der Waals surface area (Å²) in [6.07, 6.45) is 1.89. The Kier molecular flexibility index (Phi) is 5.07. The molecule has 0 amide bonds. The third kappa shape index (κ3) is 4.19. The summed E-state index contributed by atoms with van der Waals surface area (Å²) in [5.41, 5.74) is 0. The molecular weight excluding hydrogens is 186 g/mol. The molecule has 1 saturated heterocycles. The summed E-state index contributed by atoms with van der Waals surface area (Å²) in [6, 6.07) is 2.73. The number of nitrogens with zero attached hydrogens (tertiary/aromatic N) is 3. The molecule has 15 heavy (non-hydrogen) atoms. The van der Waals surface area contributed by atoms with Crippen molar-refractivity contribution in [2.75, 3.05) is 33.2 Å². The molecule has 3 nitrogen and oxygen atoms in total. The fourth-order valence-corrected chi connectivity index (χ4v) is 2.26. The predicted octanol–water partition coefficient (Wildman–Crippen LogP) is 1.56. The van der Waals surface area contributed by atoms with Crippen LogP contribution in [-0.2, 0) is 0 Å². The lowest BCUT2D eigenvalue weighted by molar-refractivity contribution is 0.197. The Balaban J connectivity index is 2.51. The molecule has 1 fully saturated rings. The minimum Gasteiger partial charge on any atom is -0.301 e. The van der Waals surface area contributed by atoms with E-state index in [1.165, 1.54) is 13.0 Å². The predicted molar refractivity (Wildman–Crippen MR) is 62.5 cm³/mol. The van der Waals surface area contributed by atoms with E-state index in [4.69, 9.17) is 5.26 Å². The van der Waals surface area contributed by atoms with Crippen LogP contribution in [0.2, 0.25) is 0 Å². The van der Waals surface area contributed by atoms with Gasteiger partial charge in [0.1, 0.15) is 0 Å². The normalized spacial score (nSPS) is 25.1. The Hall–Kier alpha value is -0.590. The van der Waals surface area contributed by atoms with Gasteiger partial charge in [0.2, 0.25) is 0 Å². The van der Waals surface area contributed by atoms with Crippen LogP contribution in [0.5, 0.6) is 0 Å². The maximum Gasteiger partial charge on any atom is 0.0638 e. The van der Waals surface area contributed by atoms with E-state index in [1.807, 2.05) is 0 Å². The second-order valence-corrected chi connectivity index (χ2v) is 5.00. The van der Waals surface area contributed by atoms with Gasteiger partial charge >= 0.3 is 0 Å². The van der Waals surface area contributed by atoms with Crippen LogP contribution in [0.25, 0.3) is 0 Å². The molecule has 1 aliphatic heterocycles. The highest BCUT2D eigenvalue weighted by Gasteiger charge is 2.22. The van der Waals surface area contributed by atoms with Gasteiger partial charge in [0.25, 0.3) is 0 Å². The van der Waals surface area contributed by atoms with Crippen LogP contribution in [-0.4, -0.2) is 49.1 Å². The Bertz CT molecular complexity index is 219. The average molecular weight is 209 g/mol. The van der Waals surface area contributed by atoms with Crippen molar-refractivity contribution >= 4 is 0 Å². The lowest BCUT2D eigenvalue weighted by Gasteiger charge is -2.28. The molecule has 0 spiro atoms. The van der Waals surface area contributed by atoms with E-state index in [9.17, 15) is 0 Å². The van der Waals surface area contributed by atoms with Gasteiger partial charge in [-0.3, -0.25) is 0 Å². The third-order valence-corrected chi connectivity index (χ3v) is 3.03. The van der Waals surface area contributed by atoms with E-state index in [2.05, 4.69) is 36.8 Å². The highest BCUT2D eigenvalue weighted by atomic mass is 15.2. The summed E-state index contributed by atoms with van der Waals surface area (Å²) < 4.78 is 0. The van der Waals surface area contributed by atoms with Gasteiger partial charge in [0.15, 0.2) is 0 Å². The molecule has 0 aromatic rings. The van der Waals surface area contributed by atoms with Crippen LogP contribution in [0.15, 0.2) is 0 Å². The first-order valence-corrected chi connectivity index (χ1v) is 5.93. The summed E-state index contributed by atoms with van der Waals surface area (Å²) in [4.78, 5) is 4.85. The van der Waals surface area contributed by atoms with Crippen molar-refractivity contribution < 1.29 is 0 Å². The molecule has 0 N–H and O–H groups in total. The molecular formula is C12H23N3. The van der Waals surface area contributed by atoms with E-state index in [0.29, 0.717) is 12.5 Å². The smallest absolute Gasteiger partial charge is 0.0638 e. The summed E-state index contributed by atoms with van der Waals surface area (Å²) >= 11 is 0. The van der Waals surface area contributed by atoms with Crippen molar-refractivity contribution in [2.24, 2.45) is 5.92 Å². The molecule has 0 saturated carbocycles. The van der Waals surface area contributed by atoms with Gasteiger partial charge in [-0.15, -0.1) is 0 Å². The minimum atomic E-state index is 0.427. The molecule has 86 valence electrons. The number of rotatable bonds is 3. The van der Waals surface area contributed by atoms with Crippen molar-refractivity contribution in [1.82, 2.24) is 9.80 Å². The molecule has 0 aliphatic carbocycles. The first-order valence-electron chi connectivity index (χ1n) is 5.93. The van der Waals surface area contributed by atoms with Crippen LogP contribution < -0.4 is 0 Å². The Morgan fingerprint density at radius 3 is 2.73 bits per heavy atom. The first-order chi connectivity index (χ1) is 7.13. The highest BCUT2D eigenvalue weighted by Crippen LogP contribution is 2.12. The minimum absolute atomic E-state index is 0.427. The Labute approximate surface area is 93.7 Å². The summed E-state index contributed by atoms with van der Waals surface area (Å²) in [5.74, 6) is 0.719. The molecule has 0 bridgehead atoms. The third-order valence-electron chi connectivity index (χ3n) is 3.03. The van der Waals surface area contributed by atoms with Gasteiger partial charge in [-0.25, -0.2) is 0 Å². The van der Waals surface area contributed by atoms with Crippen molar-refractivity contribution in [2.45, 2.75) is 32.7 Å². The second kappa shape index (κ2) is 6.09. The standard InChI is InChI=1S/C12H23N3/c1-11(2)9-15-8-4-7-14(3)12(10-15)5-6-13/h11-12H,4-5,7-10H2,1-3H3. The van der Waals surface area contributed by atoms with Crippen LogP contribution in [0, 0.1) is 17.2 Å². The molecule has 0 aromatic carbocycles. The van der Waals surface area contributed by atoms with E-state index in [-0.39, 0.29) is 0 Å². The number of hydrogen-bond acceptors (Lipinski definition) is 3. The molecule has 1 aliphatic rings. The van der Waals surface area contributed by atoms with E-state index < -0.39 is 0 Å². The fourth-order valence-electron chi connectivity index (χ4n) is 2.26. The van der Waals surface area contributed by atoms with Gasteiger partial charge in [0.05, 0.1) is 12.5 Å². The van der Waals surface area contributed by atoms with Gasteiger partial charge in [0, 0.05) is 19.1 Å². The molecule has 0 radical (unpaired) electrons. The number of likely N-dealkylation sites (N-methyl/N-ethyl adjacent to an activating group) is 1. The second-order valence-electron chi connectivity index (χ2n) is 5.00. The van der Waals surface area contributed by atoms with Gasteiger partial charge in [-0.05, 0) is 32.5 Å². The zero-order valence-electron chi connectivity index (χ0n) is 10.2. The van der Waals surface area contributed by atoms with Crippen molar-refractivity contribution in [3.63, 3.8) is 0 Å². The Morgan fingerprint density at radius 2 is 2.13 bits per heavy atom. The number of hydrogen-bond donors (Lipinski definition) is 0. The van der Waals surface area contributed by atoms with Crippen molar-refractivity contribution in [3.05, 3.63) is 0 Å². The van der Waals surface area contributed by atoms with Crippen molar-refractivity contribution in [3.8, 4) is 6.07 Å². The lowest BCUT2D eigenvalue weighted by atomic mass is 10.1. The zero-order valence-corrected chi connectivity index (χ0v) is 10.2. The topological polar surface area (TPSA) is 30.3 Å². The summed E-state index contributed by atoms with van der Waals surface area (Å²) in [6.45, 7) is 9.05. The van der Waals surface area contributed by atoms with Gasteiger partial charge in [-0.1, -0.05) is 13.8 Å². The maximum absolute atomic E-state index is 8.80. The summed E-state index contributed by atoms with van der Waals surface area (Å²) in [7, 11) is 2.14. The SMILES string of the molecule is CC(C)CN1CCCN(C)C(CC#N)C1. The van der Waals surface area contributed by atoms with E-state index in [0.717, 1.165) is 25.6 Å². The van der Waals surface area contributed by atoms with E-state index in [1.54, 1.807) is 0 Å². The molecule has 3 heteroatoms. The van der Waals surface area contributed by atoms with Crippen molar-refractivity contribution in [1.29, 1.82) is 5.26 Å². The monoisotopic (exact) mass is 209 g/mol. The Morgan fingerprint density at radius 1 is 1.40 bits per heavy atom. The summed E-state index contributed by atoms with van der Waals surface area (Å²) in [5, 5.41) is 8.80. The largest absolute Gasteiger partial charge is 0.301 e. The highest BCUT2D eigenvalue weighted by molar-refractivity contribution is 4.86. The fraction of sp³-hybridized carbons (Fsp3) is 0.917.